The van der Waals surface area contributed by atoms with Crippen LogP contribution in [0.4, 0.5) is 0 Å². The highest BCUT2D eigenvalue weighted by molar-refractivity contribution is 5.78. The molecule has 2 unspecified atom stereocenters. The highest BCUT2D eigenvalue weighted by Gasteiger charge is 2.16. The van der Waals surface area contributed by atoms with Crippen molar-refractivity contribution in [2.75, 3.05) is 6.54 Å². The molecule has 2 N–H and O–H groups in total. The Hall–Kier alpha value is -0.370. The van der Waals surface area contributed by atoms with E-state index in [1.165, 1.54) is 6.42 Å². The monoisotopic (exact) mass is 185 g/mol. The molecule has 13 heavy (non-hydrogen) atoms. The Morgan fingerprint density at radius 3 is 2.46 bits per heavy atom. The highest BCUT2D eigenvalue weighted by atomic mass is 16.1. The van der Waals surface area contributed by atoms with Crippen LogP contribution in [0.3, 0.4) is 0 Å². The third-order valence-electron chi connectivity index (χ3n) is 2.57. The first kappa shape index (κ1) is 12.6. The largest absolute Gasteiger partial charge is 0.330 e. The normalized spacial score (nSPS) is 15.4. The van der Waals surface area contributed by atoms with Gasteiger partial charge in [-0.25, -0.2) is 0 Å². The van der Waals surface area contributed by atoms with Crippen molar-refractivity contribution in [1.29, 1.82) is 0 Å². The van der Waals surface area contributed by atoms with Crippen LogP contribution in [0.25, 0.3) is 0 Å². The van der Waals surface area contributed by atoms with E-state index in [0.717, 1.165) is 19.3 Å². The zero-order chi connectivity index (χ0) is 10.3. The maximum absolute atomic E-state index is 11.3. The second kappa shape index (κ2) is 7.07. The van der Waals surface area contributed by atoms with Crippen molar-refractivity contribution >= 4 is 5.78 Å². The van der Waals surface area contributed by atoms with Gasteiger partial charge in [0.1, 0.15) is 5.78 Å². The number of carbonyl (C=O) groups is 1. The van der Waals surface area contributed by atoms with E-state index in [-0.39, 0.29) is 5.92 Å². The molecule has 0 aromatic carbocycles. The molecule has 0 aromatic heterocycles. The number of rotatable bonds is 7. The van der Waals surface area contributed by atoms with Crippen molar-refractivity contribution in [3.63, 3.8) is 0 Å². The molecular weight excluding hydrogens is 162 g/mol. The van der Waals surface area contributed by atoms with Crippen LogP contribution in [0.15, 0.2) is 0 Å². The number of hydrogen-bond acceptors (Lipinski definition) is 2. The summed E-state index contributed by atoms with van der Waals surface area (Å²) in [5.74, 6) is 1.05. The molecule has 78 valence electrons. The van der Waals surface area contributed by atoms with Crippen molar-refractivity contribution in [2.24, 2.45) is 17.6 Å². The Kier molecular flexibility index (Phi) is 6.87. The van der Waals surface area contributed by atoms with Crippen LogP contribution in [0.1, 0.15) is 46.5 Å². The standard InChI is InChI=1S/C11H23NO/c1-4-5-6-11(10(3)13)7-9(2)8-12/h9,11H,4-8,12H2,1-3H3. The number of Topliss-reactive ketones (excluding diaryl/α,β-unsaturated/α-hetero) is 1. The minimum atomic E-state index is 0.249. The van der Waals surface area contributed by atoms with Crippen LogP contribution in [-0.2, 0) is 4.79 Å². The van der Waals surface area contributed by atoms with Gasteiger partial charge < -0.3 is 5.73 Å². The van der Waals surface area contributed by atoms with Gasteiger partial charge in [-0.1, -0.05) is 26.7 Å². The summed E-state index contributed by atoms with van der Waals surface area (Å²) in [6, 6.07) is 0. The predicted molar refractivity (Wildman–Crippen MR) is 56.5 cm³/mol. The Morgan fingerprint density at radius 1 is 1.46 bits per heavy atom. The molecular formula is C11H23NO. The topological polar surface area (TPSA) is 43.1 Å². The fraction of sp³-hybridized carbons (Fsp3) is 0.909. The van der Waals surface area contributed by atoms with Gasteiger partial charge in [0.05, 0.1) is 0 Å². The van der Waals surface area contributed by atoms with Crippen LogP contribution >= 0.6 is 0 Å². The summed E-state index contributed by atoms with van der Waals surface area (Å²) in [4.78, 5) is 11.3. The van der Waals surface area contributed by atoms with Gasteiger partial charge >= 0.3 is 0 Å². The molecule has 0 aromatic rings. The van der Waals surface area contributed by atoms with Crippen molar-refractivity contribution < 1.29 is 4.79 Å². The maximum atomic E-state index is 11.3. The van der Waals surface area contributed by atoms with Gasteiger partial charge in [0.25, 0.3) is 0 Å². The minimum absolute atomic E-state index is 0.249. The molecule has 0 spiro atoms. The summed E-state index contributed by atoms with van der Waals surface area (Å²) in [5, 5.41) is 0. The Labute approximate surface area is 81.9 Å². The number of carbonyl (C=O) groups excluding carboxylic acids is 1. The zero-order valence-electron chi connectivity index (χ0n) is 9.18. The lowest BCUT2D eigenvalue weighted by molar-refractivity contribution is -0.121. The van der Waals surface area contributed by atoms with E-state index >= 15 is 0 Å². The quantitative estimate of drug-likeness (QED) is 0.661. The molecule has 0 aliphatic carbocycles. The zero-order valence-corrected chi connectivity index (χ0v) is 9.18. The van der Waals surface area contributed by atoms with Gasteiger partial charge in [0, 0.05) is 5.92 Å². The van der Waals surface area contributed by atoms with Crippen LogP contribution in [-0.4, -0.2) is 12.3 Å². The first-order chi connectivity index (χ1) is 6.11. The van der Waals surface area contributed by atoms with Crippen LogP contribution < -0.4 is 5.73 Å². The van der Waals surface area contributed by atoms with E-state index in [2.05, 4.69) is 13.8 Å². The van der Waals surface area contributed by atoms with E-state index in [1.54, 1.807) is 6.92 Å². The van der Waals surface area contributed by atoms with E-state index < -0.39 is 0 Å². The first-order valence-electron chi connectivity index (χ1n) is 5.32. The van der Waals surface area contributed by atoms with Crippen molar-refractivity contribution in [1.82, 2.24) is 0 Å². The van der Waals surface area contributed by atoms with E-state index in [9.17, 15) is 4.79 Å². The third kappa shape index (κ3) is 5.81. The van der Waals surface area contributed by atoms with Gasteiger partial charge in [-0.05, 0) is 32.2 Å². The lowest BCUT2D eigenvalue weighted by atomic mass is 9.89. The number of nitrogens with two attached hydrogens (primary N) is 1. The molecule has 0 aliphatic rings. The van der Waals surface area contributed by atoms with Gasteiger partial charge in [-0.3, -0.25) is 4.79 Å². The first-order valence-corrected chi connectivity index (χ1v) is 5.32. The van der Waals surface area contributed by atoms with Gasteiger partial charge in [0.2, 0.25) is 0 Å². The summed E-state index contributed by atoms with van der Waals surface area (Å²) < 4.78 is 0. The molecule has 0 bridgehead atoms. The van der Waals surface area contributed by atoms with Gasteiger partial charge in [-0.15, -0.1) is 0 Å². The van der Waals surface area contributed by atoms with E-state index in [0.29, 0.717) is 18.2 Å². The van der Waals surface area contributed by atoms with Crippen LogP contribution in [0, 0.1) is 11.8 Å². The highest BCUT2D eigenvalue weighted by Crippen LogP contribution is 2.18. The molecule has 0 heterocycles. The molecule has 0 fully saturated rings. The smallest absolute Gasteiger partial charge is 0.132 e. The maximum Gasteiger partial charge on any atom is 0.132 e. The van der Waals surface area contributed by atoms with Crippen molar-refractivity contribution in [2.45, 2.75) is 46.5 Å². The molecule has 0 saturated heterocycles. The van der Waals surface area contributed by atoms with Crippen LogP contribution in [0.2, 0.25) is 0 Å². The lowest BCUT2D eigenvalue weighted by Gasteiger charge is -2.16. The molecule has 0 amide bonds. The summed E-state index contributed by atoms with van der Waals surface area (Å²) in [6.45, 7) is 6.66. The predicted octanol–water partition coefficient (Wildman–Crippen LogP) is 2.37. The molecule has 0 rings (SSSR count). The molecule has 2 nitrogen and oxygen atoms in total. The molecule has 0 aliphatic heterocycles. The molecule has 2 atom stereocenters. The summed E-state index contributed by atoms with van der Waals surface area (Å²) >= 11 is 0. The second-order valence-electron chi connectivity index (χ2n) is 4.03. The number of ketones is 1. The third-order valence-corrected chi connectivity index (χ3v) is 2.57. The SMILES string of the molecule is CCCCC(CC(C)CN)C(C)=O. The van der Waals surface area contributed by atoms with Gasteiger partial charge in [-0.2, -0.15) is 0 Å². The Morgan fingerprint density at radius 2 is 2.08 bits per heavy atom. The summed E-state index contributed by atoms with van der Waals surface area (Å²) in [6.07, 6.45) is 4.32. The number of hydrogen-bond donors (Lipinski definition) is 1. The molecule has 0 radical (unpaired) electrons. The van der Waals surface area contributed by atoms with Gasteiger partial charge in [0.15, 0.2) is 0 Å². The average molecular weight is 185 g/mol. The Bertz CT molecular complexity index is 145. The molecule has 0 saturated carbocycles. The fourth-order valence-corrected chi connectivity index (χ4v) is 1.52. The molecule has 2 heteroatoms. The van der Waals surface area contributed by atoms with Crippen molar-refractivity contribution in [3.05, 3.63) is 0 Å². The second-order valence-corrected chi connectivity index (χ2v) is 4.03. The average Bonchev–Trinajstić information content (AvgIpc) is 2.11. The minimum Gasteiger partial charge on any atom is -0.330 e. The summed E-state index contributed by atoms with van der Waals surface area (Å²) in [5.41, 5.74) is 5.54. The lowest BCUT2D eigenvalue weighted by Crippen LogP contribution is -2.19. The van der Waals surface area contributed by atoms with E-state index in [4.69, 9.17) is 5.73 Å². The van der Waals surface area contributed by atoms with Crippen molar-refractivity contribution in [3.8, 4) is 0 Å². The van der Waals surface area contributed by atoms with E-state index in [1.807, 2.05) is 0 Å². The fourth-order valence-electron chi connectivity index (χ4n) is 1.52. The summed E-state index contributed by atoms with van der Waals surface area (Å²) in [7, 11) is 0. The Balaban J connectivity index is 3.87. The number of unbranched alkanes of at least 4 members (excludes halogenated alkanes) is 1. The van der Waals surface area contributed by atoms with Crippen LogP contribution in [0.5, 0.6) is 0 Å².